The highest BCUT2D eigenvalue weighted by molar-refractivity contribution is 8.00. The summed E-state index contributed by atoms with van der Waals surface area (Å²) in [5, 5.41) is 3.03. The van der Waals surface area contributed by atoms with Gasteiger partial charge in [0.1, 0.15) is 5.82 Å². The minimum Gasteiger partial charge on any atom is -0.399 e. The first-order chi connectivity index (χ1) is 9.56. The summed E-state index contributed by atoms with van der Waals surface area (Å²) >= 11 is 7.08. The topological polar surface area (TPSA) is 55.1 Å². The number of thioether (sulfide) groups is 1. The Balaban J connectivity index is 1.94. The van der Waals surface area contributed by atoms with Crippen molar-refractivity contribution in [3.63, 3.8) is 0 Å². The van der Waals surface area contributed by atoms with Crippen LogP contribution in [0.5, 0.6) is 0 Å². The number of halogens is 2. The third-order valence-electron chi connectivity index (χ3n) is 2.46. The highest BCUT2D eigenvalue weighted by Gasteiger charge is 2.08. The molecule has 0 saturated heterocycles. The number of rotatable bonds is 4. The molecule has 3 nitrogen and oxygen atoms in total. The van der Waals surface area contributed by atoms with Gasteiger partial charge < -0.3 is 11.1 Å². The van der Waals surface area contributed by atoms with Gasteiger partial charge in [0.05, 0.1) is 16.5 Å². The molecule has 0 radical (unpaired) electrons. The summed E-state index contributed by atoms with van der Waals surface area (Å²) in [6, 6.07) is 11.1. The number of hydrogen-bond donors (Lipinski definition) is 2. The molecule has 0 bridgehead atoms. The largest absolute Gasteiger partial charge is 0.399 e. The fraction of sp³-hybridized carbons (Fsp3) is 0.0714. The normalized spacial score (nSPS) is 10.3. The van der Waals surface area contributed by atoms with Crippen molar-refractivity contribution in [2.24, 2.45) is 0 Å². The average Bonchev–Trinajstić information content (AvgIpc) is 2.41. The van der Waals surface area contributed by atoms with Crippen molar-refractivity contribution >= 4 is 40.6 Å². The van der Waals surface area contributed by atoms with E-state index in [2.05, 4.69) is 5.32 Å². The second-order valence-electron chi connectivity index (χ2n) is 4.01. The monoisotopic (exact) mass is 310 g/mol. The number of amides is 1. The van der Waals surface area contributed by atoms with Crippen molar-refractivity contribution in [2.45, 2.75) is 4.90 Å². The number of anilines is 2. The molecule has 0 fully saturated rings. The predicted octanol–water partition coefficient (Wildman–Crippen LogP) is 3.79. The molecule has 2 aromatic carbocycles. The average molecular weight is 311 g/mol. The minimum atomic E-state index is -0.337. The van der Waals surface area contributed by atoms with E-state index in [0.29, 0.717) is 21.3 Å². The lowest BCUT2D eigenvalue weighted by atomic mass is 10.3. The van der Waals surface area contributed by atoms with Gasteiger partial charge in [0.15, 0.2) is 0 Å². The standard InChI is InChI=1S/C14H12ClFN2OS/c15-10-7-9(17)5-6-12(10)18-14(19)8-20-13-4-2-1-3-11(13)16/h1-7H,8,17H2,(H,18,19). The maximum absolute atomic E-state index is 13.4. The number of benzene rings is 2. The van der Waals surface area contributed by atoms with Crippen LogP contribution in [0.4, 0.5) is 15.8 Å². The molecular formula is C14H12ClFN2OS. The molecule has 0 saturated carbocycles. The van der Waals surface area contributed by atoms with Crippen LogP contribution < -0.4 is 11.1 Å². The minimum absolute atomic E-state index is 0.0988. The third-order valence-corrected chi connectivity index (χ3v) is 3.82. The summed E-state index contributed by atoms with van der Waals surface area (Å²) in [6.45, 7) is 0. The van der Waals surface area contributed by atoms with E-state index in [9.17, 15) is 9.18 Å². The lowest BCUT2D eigenvalue weighted by molar-refractivity contribution is -0.113. The predicted molar refractivity (Wildman–Crippen MR) is 81.6 cm³/mol. The van der Waals surface area contributed by atoms with Crippen LogP contribution in [0.1, 0.15) is 0 Å². The molecule has 3 N–H and O–H groups in total. The number of carbonyl (C=O) groups is 1. The zero-order valence-corrected chi connectivity index (χ0v) is 12.0. The zero-order chi connectivity index (χ0) is 14.5. The lowest BCUT2D eigenvalue weighted by Crippen LogP contribution is -2.14. The molecule has 2 aromatic rings. The fourth-order valence-corrected chi connectivity index (χ4v) is 2.50. The molecule has 104 valence electrons. The zero-order valence-electron chi connectivity index (χ0n) is 10.4. The summed E-state index contributed by atoms with van der Waals surface area (Å²) in [7, 11) is 0. The highest BCUT2D eigenvalue weighted by Crippen LogP contribution is 2.25. The Kier molecular flexibility index (Phi) is 4.87. The van der Waals surface area contributed by atoms with Crippen LogP contribution in [-0.2, 0) is 4.79 Å². The fourth-order valence-electron chi connectivity index (χ4n) is 1.52. The Hall–Kier alpha value is -1.72. The van der Waals surface area contributed by atoms with Gasteiger partial charge in [-0.2, -0.15) is 0 Å². The lowest BCUT2D eigenvalue weighted by Gasteiger charge is -2.08. The molecule has 1 amide bonds. The Morgan fingerprint density at radius 2 is 2.05 bits per heavy atom. The van der Waals surface area contributed by atoms with E-state index < -0.39 is 0 Å². The molecule has 0 aromatic heterocycles. The molecule has 0 aliphatic carbocycles. The van der Waals surface area contributed by atoms with Gasteiger partial charge in [-0.1, -0.05) is 23.7 Å². The van der Waals surface area contributed by atoms with Crippen LogP contribution in [-0.4, -0.2) is 11.7 Å². The van der Waals surface area contributed by atoms with E-state index in [1.54, 1.807) is 36.4 Å². The number of carbonyl (C=O) groups excluding carboxylic acids is 1. The smallest absolute Gasteiger partial charge is 0.234 e. The molecular weight excluding hydrogens is 299 g/mol. The Bertz CT molecular complexity index is 636. The van der Waals surface area contributed by atoms with E-state index in [1.807, 2.05) is 0 Å². The maximum Gasteiger partial charge on any atom is 0.234 e. The Labute approximate surface area is 125 Å². The van der Waals surface area contributed by atoms with Crippen molar-refractivity contribution in [3.8, 4) is 0 Å². The van der Waals surface area contributed by atoms with Gasteiger partial charge in [0.2, 0.25) is 5.91 Å². The first-order valence-electron chi connectivity index (χ1n) is 5.78. The quantitative estimate of drug-likeness (QED) is 0.667. The van der Waals surface area contributed by atoms with Crippen LogP contribution >= 0.6 is 23.4 Å². The van der Waals surface area contributed by atoms with Gasteiger partial charge in [-0.05, 0) is 30.3 Å². The first-order valence-corrected chi connectivity index (χ1v) is 7.15. The number of nitrogen functional groups attached to an aromatic ring is 1. The van der Waals surface area contributed by atoms with Gasteiger partial charge in [-0.3, -0.25) is 4.79 Å². The number of nitrogens with two attached hydrogens (primary N) is 1. The van der Waals surface area contributed by atoms with Crippen LogP contribution in [0.15, 0.2) is 47.4 Å². The van der Waals surface area contributed by atoms with E-state index in [-0.39, 0.29) is 17.5 Å². The molecule has 20 heavy (non-hydrogen) atoms. The van der Waals surface area contributed by atoms with Gasteiger partial charge >= 0.3 is 0 Å². The van der Waals surface area contributed by atoms with Gasteiger partial charge in [-0.15, -0.1) is 11.8 Å². The number of hydrogen-bond acceptors (Lipinski definition) is 3. The van der Waals surface area contributed by atoms with Crippen molar-refractivity contribution < 1.29 is 9.18 Å². The Morgan fingerprint density at radius 3 is 2.75 bits per heavy atom. The van der Waals surface area contributed by atoms with Crippen molar-refractivity contribution in [1.29, 1.82) is 0 Å². The number of nitrogens with one attached hydrogen (secondary N) is 1. The molecule has 0 aliphatic rings. The van der Waals surface area contributed by atoms with Crippen molar-refractivity contribution in [2.75, 3.05) is 16.8 Å². The van der Waals surface area contributed by atoms with Crippen LogP contribution in [0.25, 0.3) is 0 Å². The molecule has 6 heteroatoms. The third kappa shape index (κ3) is 3.88. The van der Waals surface area contributed by atoms with E-state index >= 15 is 0 Å². The van der Waals surface area contributed by atoms with E-state index in [4.69, 9.17) is 17.3 Å². The molecule has 0 unspecified atom stereocenters. The summed E-state index contributed by atoms with van der Waals surface area (Å²) in [5.41, 5.74) is 6.57. The van der Waals surface area contributed by atoms with Gasteiger partial charge in [0.25, 0.3) is 0 Å². The van der Waals surface area contributed by atoms with E-state index in [1.165, 1.54) is 6.07 Å². The second-order valence-corrected chi connectivity index (χ2v) is 5.43. The van der Waals surface area contributed by atoms with Crippen molar-refractivity contribution in [3.05, 3.63) is 53.3 Å². The van der Waals surface area contributed by atoms with Gasteiger partial charge in [-0.25, -0.2) is 4.39 Å². The molecule has 0 aliphatic heterocycles. The molecule has 0 atom stereocenters. The highest BCUT2D eigenvalue weighted by atomic mass is 35.5. The summed E-state index contributed by atoms with van der Waals surface area (Å²) < 4.78 is 13.4. The van der Waals surface area contributed by atoms with Crippen LogP contribution in [0.3, 0.4) is 0 Å². The SMILES string of the molecule is Nc1ccc(NC(=O)CSc2ccccc2F)c(Cl)c1. The summed E-state index contributed by atoms with van der Waals surface area (Å²) in [4.78, 5) is 12.2. The van der Waals surface area contributed by atoms with Crippen LogP contribution in [0, 0.1) is 5.82 Å². The van der Waals surface area contributed by atoms with Crippen molar-refractivity contribution in [1.82, 2.24) is 0 Å². The van der Waals surface area contributed by atoms with Gasteiger partial charge in [0, 0.05) is 10.6 Å². The van der Waals surface area contributed by atoms with E-state index in [0.717, 1.165) is 11.8 Å². The molecule has 0 spiro atoms. The summed E-state index contributed by atoms with van der Waals surface area (Å²) in [5.74, 6) is -0.498. The first kappa shape index (κ1) is 14.7. The molecule has 0 heterocycles. The molecule has 2 rings (SSSR count). The maximum atomic E-state index is 13.4. The second kappa shape index (κ2) is 6.63. The summed E-state index contributed by atoms with van der Waals surface area (Å²) in [6.07, 6.45) is 0. The Morgan fingerprint density at radius 1 is 1.30 bits per heavy atom. The van der Waals surface area contributed by atoms with Crippen LogP contribution in [0.2, 0.25) is 5.02 Å².